The van der Waals surface area contributed by atoms with Crippen LogP contribution in [0.5, 0.6) is 5.75 Å². The standard InChI is InChI=1S/C14H18N4O2/c1-11(15)10-20-13-7-14(19)18(17-9-13)6-4-12-3-2-5-16-8-12/h2-3,5,7-9,11H,4,6,10,15H2,1H3. The fraction of sp³-hybridized carbons (Fsp3) is 0.357. The number of nitrogens with zero attached hydrogens (tertiary/aromatic N) is 3. The van der Waals surface area contributed by atoms with Crippen molar-refractivity contribution < 1.29 is 4.74 Å². The normalized spacial score (nSPS) is 12.1. The van der Waals surface area contributed by atoms with Crippen LogP contribution in [0.1, 0.15) is 12.5 Å². The van der Waals surface area contributed by atoms with E-state index in [1.807, 2.05) is 19.1 Å². The van der Waals surface area contributed by atoms with Crippen molar-refractivity contribution in [1.82, 2.24) is 14.8 Å². The van der Waals surface area contributed by atoms with E-state index in [4.69, 9.17) is 10.5 Å². The van der Waals surface area contributed by atoms with Crippen LogP contribution in [0.3, 0.4) is 0 Å². The molecule has 2 N–H and O–H groups in total. The Hall–Kier alpha value is -2.21. The Bertz CT molecular complexity index is 596. The van der Waals surface area contributed by atoms with Crippen molar-refractivity contribution in [3.05, 3.63) is 52.7 Å². The molecule has 106 valence electrons. The number of hydrogen-bond acceptors (Lipinski definition) is 5. The smallest absolute Gasteiger partial charge is 0.270 e. The van der Waals surface area contributed by atoms with E-state index in [0.717, 1.165) is 5.56 Å². The van der Waals surface area contributed by atoms with Crippen LogP contribution in [0.25, 0.3) is 0 Å². The minimum absolute atomic E-state index is 0.0805. The van der Waals surface area contributed by atoms with Gasteiger partial charge < -0.3 is 10.5 Å². The van der Waals surface area contributed by atoms with Gasteiger partial charge in [0.05, 0.1) is 6.20 Å². The van der Waals surface area contributed by atoms with Crippen molar-refractivity contribution >= 4 is 0 Å². The molecule has 2 rings (SSSR count). The van der Waals surface area contributed by atoms with Crippen molar-refractivity contribution in [2.45, 2.75) is 25.9 Å². The van der Waals surface area contributed by atoms with Gasteiger partial charge in [0.2, 0.25) is 0 Å². The number of hydrogen-bond donors (Lipinski definition) is 1. The average molecular weight is 274 g/mol. The third kappa shape index (κ3) is 4.17. The summed E-state index contributed by atoms with van der Waals surface area (Å²) in [5.41, 5.74) is 6.47. The lowest BCUT2D eigenvalue weighted by Gasteiger charge is -2.09. The van der Waals surface area contributed by atoms with Gasteiger partial charge in [-0.05, 0) is 25.0 Å². The van der Waals surface area contributed by atoms with Gasteiger partial charge in [0, 0.05) is 31.0 Å². The Balaban J connectivity index is 1.97. The van der Waals surface area contributed by atoms with Crippen molar-refractivity contribution in [3.8, 4) is 5.75 Å². The lowest BCUT2D eigenvalue weighted by Crippen LogP contribution is -2.26. The number of aromatic nitrogens is 3. The number of ether oxygens (including phenoxy) is 1. The first-order valence-electron chi connectivity index (χ1n) is 6.49. The van der Waals surface area contributed by atoms with Gasteiger partial charge in [-0.25, -0.2) is 4.68 Å². The molecule has 0 aliphatic heterocycles. The molecule has 0 bridgehead atoms. The lowest BCUT2D eigenvalue weighted by molar-refractivity contribution is 0.292. The van der Waals surface area contributed by atoms with Gasteiger partial charge in [-0.1, -0.05) is 6.07 Å². The summed E-state index contributed by atoms with van der Waals surface area (Å²) in [6, 6.07) is 5.19. The van der Waals surface area contributed by atoms with E-state index in [1.54, 1.807) is 12.4 Å². The second-order valence-electron chi connectivity index (χ2n) is 4.65. The van der Waals surface area contributed by atoms with Crippen LogP contribution in [-0.4, -0.2) is 27.4 Å². The molecule has 2 aromatic heterocycles. The molecule has 0 aromatic carbocycles. The van der Waals surface area contributed by atoms with Crippen molar-refractivity contribution in [3.63, 3.8) is 0 Å². The maximum absolute atomic E-state index is 11.9. The Morgan fingerprint density at radius 3 is 2.95 bits per heavy atom. The predicted octanol–water partition coefficient (Wildman–Crippen LogP) is 0.607. The molecule has 2 heterocycles. The van der Waals surface area contributed by atoms with Crippen LogP contribution in [0, 0.1) is 0 Å². The molecule has 6 nitrogen and oxygen atoms in total. The number of aryl methyl sites for hydroxylation is 2. The predicted molar refractivity (Wildman–Crippen MR) is 75.6 cm³/mol. The lowest BCUT2D eigenvalue weighted by atomic mass is 10.2. The van der Waals surface area contributed by atoms with Crippen LogP contribution in [0.2, 0.25) is 0 Å². The number of nitrogens with two attached hydrogens (primary N) is 1. The number of rotatable bonds is 6. The molecule has 2 aromatic rings. The van der Waals surface area contributed by atoms with Gasteiger partial charge in [-0.2, -0.15) is 5.10 Å². The van der Waals surface area contributed by atoms with Crippen LogP contribution in [0.15, 0.2) is 41.6 Å². The fourth-order valence-electron chi connectivity index (χ4n) is 1.67. The van der Waals surface area contributed by atoms with Crippen LogP contribution in [0.4, 0.5) is 0 Å². The van der Waals surface area contributed by atoms with Gasteiger partial charge in [0.1, 0.15) is 12.4 Å². The highest BCUT2D eigenvalue weighted by Gasteiger charge is 2.03. The number of pyridine rings is 1. The summed E-state index contributed by atoms with van der Waals surface area (Å²) in [6.07, 6.45) is 5.75. The summed E-state index contributed by atoms with van der Waals surface area (Å²) in [7, 11) is 0. The monoisotopic (exact) mass is 274 g/mol. The van der Waals surface area contributed by atoms with Gasteiger partial charge in [0.25, 0.3) is 5.56 Å². The molecule has 6 heteroatoms. The van der Waals surface area contributed by atoms with E-state index >= 15 is 0 Å². The largest absolute Gasteiger partial charge is 0.490 e. The summed E-state index contributed by atoms with van der Waals surface area (Å²) in [5.74, 6) is 0.449. The highest BCUT2D eigenvalue weighted by atomic mass is 16.5. The zero-order chi connectivity index (χ0) is 14.4. The molecule has 0 spiro atoms. The van der Waals surface area contributed by atoms with Crippen molar-refractivity contribution in [2.24, 2.45) is 5.73 Å². The van der Waals surface area contributed by atoms with Crippen LogP contribution < -0.4 is 16.0 Å². The molecule has 0 fully saturated rings. The Morgan fingerprint density at radius 2 is 2.30 bits per heavy atom. The zero-order valence-corrected chi connectivity index (χ0v) is 11.4. The van der Waals surface area contributed by atoms with Crippen LogP contribution >= 0.6 is 0 Å². The van der Waals surface area contributed by atoms with E-state index < -0.39 is 0 Å². The minimum atomic E-state index is -0.184. The van der Waals surface area contributed by atoms with Gasteiger partial charge in [0.15, 0.2) is 0 Å². The third-order valence-corrected chi connectivity index (χ3v) is 2.69. The van der Waals surface area contributed by atoms with E-state index in [0.29, 0.717) is 25.3 Å². The molecule has 0 amide bonds. The molecule has 0 saturated carbocycles. The molecule has 1 atom stereocenters. The maximum Gasteiger partial charge on any atom is 0.270 e. The van der Waals surface area contributed by atoms with Gasteiger partial charge >= 0.3 is 0 Å². The Kier molecular flexibility index (Phi) is 4.84. The second kappa shape index (κ2) is 6.81. The summed E-state index contributed by atoms with van der Waals surface area (Å²) in [4.78, 5) is 15.9. The van der Waals surface area contributed by atoms with E-state index in [9.17, 15) is 4.79 Å². The molecule has 1 unspecified atom stereocenters. The van der Waals surface area contributed by atoms with Crippen molar-refractivity contribution in [1.29, 1.82) is 0 Å². The third-order valence-electron chi connectivity index (χ3n) is 2.69. The first-order valence-corrected chi connectivity index (χ1v) is 6.49. The molecular weight excluding hydrogens is 256 g/mol. The summed E-state index contributed by atoms with van der Waals surface area (Å²) >= 11 is 0. The molecule has 0 saturated heterocycles. The highest BCUT2D eigenvalue weighted by molar-refractivity contribution is 5.14. The summed E-state index contributed by atoms with van der Waals surface area (Å²) < 4.78 is 6.76. The Morgan fingerprint density at radius 1 is 1.45 bits per heavy atom. The van der Waals surface area contributed by atoms with Gasteiger partial charge in [-0.3, -0.25) is 9.78 Å². The summed E-state index contributed by atoms with van der Waals surface area (Å²) in [5, 5.41) is 4.09. The quantitative estimate of drug-likeness (QED) is 0.834. The first kappa shape index (κ1) is 14.2. The molecule has 20 heavy (non-hydrogen) atoms. The maximum atomic E-state index is 11.9. The molecule has 0 aliphatic carbocycles. The average Bonchev–Trinajstić information content (AvgIpc) is 2.45. The highest BCUT2D eigenvalue weighted by Crippen LogP contribution is 2.04. The molecule has 0 aliphatic rings. The first-order chi connectivity index (χ1) is 9.65. The Labute approximate surface area is 117 Å². The summed E-state index contributed by atoms with van der Waals surface area (Å²) in [6.45, 7) is 2.71. The fourth-order valence-corrected chi connectivity index (χ4v) is 1.67. The zero-order valence-electron chi connectivity index (χ0n) is 11.4. The molecular formula is C14H18N4O2. The molecule has 0 radical (unpaired) electrons. The van der Waals surface area contributed by atoms with Crippen LogP contribution in [-0.2, 0) is 13.0 Å². The van der Waals surface area contributed by atoms with E-state index in [-0.39, 0.29) is 11.6 Å². The van der Waals surface area contributed by atoms with E-state index in [1.165, 1.54) is 16.9 Å². The van der Waals surface area contributed by atoms with Crippen molar-refractivity contribution in [2.75, 3.05) is 6.61 Å². The second-order valence-corrected chi connectivity index (χ2v) is 4.65. The minimum Gasteiger partial charge on any atom is -0.490 e. The van der Waals surface area contributed by atoms with Gasteiger partial charge in [-0.15, -0.1) is 0 Å². The SMILES string of the molecule is CC(N)COc1cnn(CCc2cccnc2)c(=O)c1. The topological polar surface area (TPSA) is 83.0 Å². The van der Waals surface area contributed by atoms with E-state index in [2.05, 4.69) is 10.1 Å².